The molecule has 1 fully saturated rings. The van der Waals surface area contributed by atoms with Crippen molar-refractivity contribution in [1.29, 1.82) is 0 Å². The summed E-state index contributed by atoms with van der Waals surface area (Å²) in [6.07, 6.45) is 3.88. The van der Waals surface area contributed by atoms with Gasteiger partial charge in [0.15, 0.2) is 0 Å². The lowest BCUT2D eigenvalue weighted by Gasteiger charge is -2.26. The van der Waals surface area contributed by atoms with Gasteiger partial charge in [-0.3, -0.25) is 4.90 Å². The molecule has 1 saturated heterocycles. The maximum Gasteiger partial charge on any atom is 0.0234 e. The summed E-state index contributed by atoms with van der Waals surface area (Å²) in [5.74, 6) is 0. The Balaban J connectivity index is 0.00000162. The van der Waals surface area contributed by atoms with Gasteiger partial charge in [-0.05, 0) is 57.1 Å². The van der Waals surface area contributed by atoms with Crippen LogP contribution in [-0.4, -0.2) is 31.1 Å². The highest BCUT2D eigenvalue weighted by Crippen LogP contribution is 2.17. The van der Waals surface area contributed by atoms with E-state index in [1.54, 1.807) is 0 Å². The standard InChI is InChI=1S/C14H21BrN2.ClH/c1-17(14-6-3-8-16-9-7-14)11-12-4-2-5-13(15)10-12;/h2,4-5,10,14,16H,3,6-9,11H2,1H3;1H. The fourth-order valence-corrected chi connectivity index (χ4v) is 2.94. The van der Waals surface area contributed by atoms with E-state index in [0.29, 0.717) is 0 Å². The minimum Gasteiger partial charge on any atom is -0.317 e. The second kappa shape index (κ2) is 8.16. The molecule has 0 aliphatic carbocycles. The average molecular weight is 334 g/mol. The molecule has 0 radical (unpaired) electrons. The zero-order valence-corrected chi connectivity index (χ0v) is 13.3. The van der Waals surface area contributed by atoms with E-state index in [1.807, 2.05) is 0 Å². The van der Waals surface area contributed by atoms with Gasteiger partial charge in [0.05, 0.1) is 0 Å². The van der Waals surface area contributed by atoms with Crippen LogP contribution in [0, 0.1) is 0 Å². The molecule has 0 bridgehead atoms. The Kier molecular flexibility index (Phi) is 7.23. The summed E-state index contributed by atoms with van der Waals surface area (Å²) in [5, 5.41) is 3.47. The van der Waals surface area contributed by atoms with Crippen molar-refractivity contribution >= 4 is 28.3 Å². The van der Waals surface area contributed by atoms with Crippen molar-refractivity contribution in [1.82, 2.24) is 10.2 Å². The van der Waals surface area contributed by atoms with Crippen LogP contribution in [0.2, 0.25) is 0 Å². The van der Waals surface area contributed by atoms with Crippen LogP contribution in [0.1, 0.15) is 24.8 Å². The minimum atomic E-state index is 0. The molecule has 4 heteroatoms. The van der Waals surface area contributed by atoms with Gasteiger partial charge in [0.1, 0.15) is 0 Å². The number of hydrogen-bond donors (Lipinski definition) is 1. The molecule has 2 rings (SSSR count). The molecule has 1 aromatic carbocycles. The fourth-order valence-electron chi connectivity index (χ4n) is 2.49. The molecule has 1 aliphatic rings. The number of halogens is 2. The molecule has 1 aliphatic heterocycles. The summed E-state index contributed by atoms with van der Waals surface area (Å²) in [7, 11) is 2.25. The van der Waals surface area contributed by atoms with Gasteiger partial charge in [-0.1, -0.05) is 28.1 Å². The lowest BCUT2D eigenvalue weighted by Crippen LogP contribution is -2.31. The molecule has 1 aromatic rings. The Hall–Kier alpha value is -0.0900. The Bertz CT molecular complexity index is 351. The van der Waals surface area contributed by atoms with Crippen LogP contribution >= 0.6 is 28.3 Å². The summed E-state index contributed by atoms with van der Waals surface area (Å²) in [6, 6.07) is 9.34. The van der Waals surface area contributed by atoms with Crippen LogP contribution in [0.25, 0.3) is 0 Å². The van der Waals surface area contributed by atoms with Crippen LogP contribution in [0.4, 0.5) is 0 Å². The Morgan fingerprint density at radius 1 is 1.33 bits per heavy atom. The molecule has 1 unspecified atom stereocenters. The van der Waals surface area contributed by atoms with Gasteiger partial charge in [-0.15, -0.1) is 12.4 Å². The number of benzene rings is 1. The summed E-state index contributed by atoms with van der Waals surface area (Å²) >= 11 is 3.53. The molecule has 0 aromatic heterocycles. The predicted molar refractivity (Wildman–Crippen MR) is 83.4 cm³/mol. The van der Waals surface area contributed by atoms with Crippen LogP contribution in [-0.2, 0) is 6.54 Å². The van der Waals surface area contributed by atoms with Crippen molar-refractivity contribution in [3.63, 3.8) is 0 Å². The van der Waals surface area contributed by atoms with Crippen molar-refractivity contribution in [2.24, 2.45) is 0 Å². The first kappa shape index (κ1) is 16.0. The molecule has 0 saturated carbocycles. The highest BCUT2D eigenvalue weighted by Gasteiger charge is 2.16. The van der Waals surface area contributed by atoms with E-state index in [-0.39, 0.29) is 12.4 Å². The van der Waals surface area contributed by atoms with Gasteiger partial charge in [0.2, 0.25) is 0 Å². The molecular formula is C14H22BrClN2. The van der Waals surface area contributed by atoms with E-state index in [0.717, 1.165) is 19.1 Å². The molecule has 1 heterocycles. The number of nitrogens with zero attached hydrogens (tertiary/aromatic N) is 1. The SMILES string of the molecule is CN(Cc1cccc(Br)c1)C1CCCNCC1.Cl. The van der Waals surface area contributed by atoms with Gasteiger partial charge in [0.25, 0.3) is 0 Å². The lowest BCUT2D eigenvalue weighted by molar-refractivity contribution is 0.216. The molecule has 1 atom stereocenters. The monoisotopic (exact) mass is 332 g/mol. The molecule has 1 N–H and O–H groups in total. The smallest absolute Gasteiger partial charge is 0.0234 e. The zero-order chi connectivity index (χ0) is 12.1. The van der Waals surface area contributed by atoms with E-state index in [9.17, 15) is 0 Å². The fraction of sp³-hybridized carbons (Fsp3) is 0.571. The number of nitrogens with one attached hydrogen (secondary N) is 1. The van der Waals surface area contributed by atoms with Crippen LogP contribution in [0.5, 0.6) is 0 Å². The highest BCUT2D eigenvalue weighted by atomic mass is 79.9. The van der Waals surface area contributed by atoms with Gasteiger partial charge in [0, 0.05) is 17.1 Å². The summed E-state index contributed by atoms with van der Waals surface area (Å²) < 4.78 is 1.17. The van der Waals surface area contributed by atoms with E-state index in [1.165, 1.54) is 35.8 Å². The van der Waals surface area contributed by atoms with Crippen molar-refractivity contribution in [3.05, 3.63) is 34.3 Å². The first-order valence-electron chi connectivity index (χ1n) is 6.41. The van der Waals surface area contributed by atoms with E-state index < -0.39 is 0 Å². The first-order chi connectivity index (χ1) is 8.25. The highest BCUT2D eigenvalue weighted by molar-refractivity contribution is 9.10. The Morgan fingerprint density at radius 3 is 2.94 bits per heavy atom. The van der Waals surface area contributed by atoms with Gasteiger partial charge < -0.3 is 5.32 Å². The second-order valence-corrected chi connectivity index (χ2v) is 5.80. The van der Waals surface area contributed by atoms with Crippen molar-refractivity contribution < 1.29 is 0 Å². The minimum absolute atomic E-state index is 0. The Morgan fingerprint density at radius 2 is 2.17 bits per heavy atom. The largest absolute Gasteiger partial charge is 0.317 e. The maximum atomic E-state index is 3.53. The van der Waals surface area contributed by atoms with Crippen LogP contribution in [0.15, 0.2) is 28.7 Å². The summed E-state index contributed by atoms with van der Waals surface area (Å²) in [5.41, 5.74) is 1.39. The molecule has 0 amide bonds. The normalized spacial score (nSPS) is 20.3. The van der Waals surface area contributed by atoms with Crippen molar-refractivity contribution in [3.8, 4) is 0 Å². The topological polar surface area (TPSA) is 15.3 Å². The van der Waals surface area contributed by atoms with Gasteiger partial charge in [-0.2, -0.15) is 0 Å². The third-order valence-electron chi connectivity index (χ3n) is 3.49. The van der Waals surface area contributed by atoms with Gasteiger partial charge in [-0.25, -0.2) is 0 Å². The molecular weight excluding hydrogens is 312 g/mol. The zero-order valence-electron chi connectivity index (χ0n) is 10.9. The second-order valence-electron chi connectivity index (χ2n) is 4.88. The third-order valence-corrected chi connectivity index (χ3v) is 3.98. The first-order valence-corrected chi connectivity index (χ1v) is 7.20. The van der Waals surface area contributed by atoms with Crippen molar-refractivity contribution in [2.75, 3.05) is 20.1 Å². The third kappa shape index (κ3) is 4.88. The van der Waals surface area contributed by atoms with E-state index in [4.69, 9.17) is 0 Å². The van der Waals surface area contributed by atoms with E-state index >= 15 is 0 Å². The average Bonchev–Trinajstić information content (AvgIpc) is 2.57. The van der Waals surface area contributed by atoms with E-state index in [2.05, 4.69) is 57.5 Å². The molecule has 0 spiro atoms. The molecule has 102 valence electrons. The van der Waals surface area contributed by atoms with Crippen LogP contribution < -0.4 is 5.32 Å². The number of rotatable bonds is 3. The number of hydrogen-bond acceptors (Lipinski definition) is 2. The molecule has 18 heavy (non-hydrogen) atoms. The molecule has 2 nitrogen and oxygen atoms in total. The van der Waals surface area contributed by atoms with Crippen LogP contribution in [0.3, 0.4) is 0 Å². The lowest BCUT2D eigenvalue weighted by atomic mass is 10.1. The summed E-state index contributed by atoms with van der Waals surface area (Å²) in [6.45, 7) is 3.39. The van der Waals surface area contributed by atoms with Gasteiger partial charge >= 0.3 is 0 Å². The maximum absolute atomic E-state index is 3.53. The Labute approximate surface area is 125 Å². The predicted octanol–water partition coefficient (Wildman–Crippen LogP) is 3.44. The van der Waals surface area contributed by atoms with Crippen molar-refractivity contribution in [2.45, 2.75) is 31.8 Å². The quantitative estimate of drug-likeness (QED) is 0.911. The summed E-state index contributed by atoms with van der Waals surface area (Å²) in [4.78, 5) is 2.49.